The highest BCUT2D eigenvalue weighted by atomic mass is 79.9. The van der Waals surface area contributed by atoms with Crippen LogP contribution in [0.3, 0.4) is 0 Å². The summed E-state index contributed by atoms with van der Waals surface area (Å²) in [6, 6.07) is 6.91. The van der Waals surface area contributed by atoms with Crippen LogP contribution in [0.4, 0.5) is 5.82 Å². The highest BCUT2D eigenvalue weighted by Crippen LogP contribution is 2.24. The van der Waals surface area contributed by atoms with Crippen molar-refractivity contribution in [2.75, 3.05) is 5.32 Å². The van der Waals surface area contributed by atoms with Gasteiger partial charge in [0.15, 0.2) is 17.8 Å². The van der Waals surface area contributed by atoms with Gasteiger partial charge in [0.1, 0.15) is 5.82 Å². The monoisotopic (exact) mass is 347 g/mol. The Morgan fingerprint density at radius 2 is 2.14 bits per heavy atom. The van der Waals surface area contributed by atoms with Crippen molar-refractivity contribution in [3.05, 3.63) is 52.8 Å². The molecule has 7 heteroatoms. The summed E-state index contributed by atoms with van der Waals surface area (Å²) < 4.78 is 11.3. The van der Waals surface area contributed by atoms with Crippen molar-refractivity contribution in [2.24, 2.45) is 0 Å². The second kappa shape index (κ2) is 5.53. The second-order valence-electron chi connectivity index (χ2n) is 4.23. The van der Waals surface area contributed by atoms with Crippen molar-refractivity contribution < 1.29 is 13.6 Å². The topological polar surface area (TPSA) is 81.2 Å². The highest BCUT2D eigenvalue weighted by Gasteiger charge is 2.20. The van der Waals surface area contributed by atoms with E-state index in [2.05, 4.69) is 31.2 Å². The van der Waals surface area contributed by atoms with Gasteiger partial charge in [-0.3, -0.25) is 4.79 Å². The highest BCUT2D eigenvalue weighted by molar-refractivity contribution is 9.10. The minimum atomic E-state index is -0.413. The molecule has 3 rings (SSSR count). The van der Waals surface area contributed by atoms with Gasteiger partial charge in [-0.2, -0.15) is 0 Å². The molecule has 1 N–H and O–H groups in total. The number of pyridine rings is 1. The van der Waals surface area contributed by atoms with Crippen LogP contribution in [-0.2, 0) is 0 Å². The van der Waals surface area contributed by atoms with Crippen LogP contribution >= 0.6 is 15.9 Å². The fraction of sp³-hybridized carbons (Fsp3) is 0.0714. The summed E-state index contributed by atoms with van der Waals surface area (Å²) in [5, 5.41) is 2.68. The van der Waals surface area contributed by atoms with Crippen molar-refractivity contribution >= 4 is 27.7 Å². The molecule has 0 atom stereocenters. The Hall–Kier alpha value is -2.41. The minimum absolute atomic E-state index is 0.146. The van der Waals surface area contributed by atoms with E-state index in [1.807, 2.05) is 13.0 Å². The third-order valence-corrected chi connectivity index (χ3v) is 3.63. The van der Waals surface area contributed by atoms with Crippen LogP contribution in [-0.4, -0.2) is 15.9 Å². The van der Waals surface area contributed by atoms with E-state index in [0.717, 1.165) is 10.2 Å². The van der Waals surface area contributed by atoms with Gasteiger partial charge in [-0.15, -0.1) is 0 Å². The van der Waals surface area contributed by atoms with Crippen molar-refractivity contribution in [2.45, 2.75) is 6.92 Å². The van der Waals surface area contributed by atoms with E-state index in [9.17, 15) is 4.79 Å². The van der Waals surface area contributed by atoms with E-state index in [1.165, 1.54) is 12.7 Å². The lowest BCUT2D eigenvalue weighted by Gasteiger charge is -2.05. The van der Waals surface area contributed by atoms with E-state index in [4.69, 9.17) is 8.83 Å². The normalized spacial score (nSPS) is 10.6. The lowest BCUT2D eigenvalue weighted by atomic mass is 10.2. The number of hydrogen-bond donors (Lipinski definition) is 1. The molecule has 0 unspecified atom stereocenters. The van der Waals surface area contributed by atoms with Crippen molar-refractivity contribution in [3.63, 3.8) is 0 Å². The number of anilines is 1. The predicted molar refractivity (Wildman–Crippen MR) is 78.8 cm³/mol. The molecule has 0 spiro atoms. The van der Waals surface area contributed by atoms with Crippen LogP contribution in [0.1, 0.15) is 16.2 Å². The van der Waals surface area contributed by atoms with Gasteiger partial charge in [-0.1, -0.05) is 0 Å². The summed E-state index contributed by atoms with van der Waals surface area (Å²) in [7, 11) is 0. The number of oxazole rings is 1. The maximum absolute atomic E-state index is 12.3. The van der Waals surface area contributed by atoms with Crippen LogP contribution in [0.5, 0.6) is 0 Å². The molecule has 0 aliphatic rings. The first-order valence-electron chi connectivity index (χ1n) is 6.07. The first kappa shape index (κ1) is 13.6. The molecule has 0 radical (unpaired) electrons. The molecule has 0 saturated carbocycles. The molecule has 1 amide bonds. The summed E-state index contributed by atoms with van der Waals surface area (Å²) in [6.07, 6.45) is 2.70. The Labute approximate surface area is 128 Å². The Kier molecular flexibility index (Phi) is 3.57. The lowest BCUT2D eigenvalue weighted by molar-refractivity contribution is 0.102. The van der Waals surface area contributed by atoms with Gasteiger partial charge in [-0.25, -0.2) is 9.97 Å². The number of hydrogen-bond acceptors (Lipinski definition) is 5. The van der Waals surface area contributed by atoms with E-state index < -0.39 is 5.91 Å². The minimum Gasteiger partial charge on any atom is -0.461 e. The van der Waals surface area contributed by atoms with Gasteiger partial charge in [-0.05, 0) is 47.1 Å². The van der Waals surface area contributed by atoms with Crippen molar-refractivity contribution in [1.29, 1.82) is 0 Å². The zero-order chi connectivity index (χ0) is 14.8. The molecule has 0 aromatic carbocycles. The SMILES string of the molecule is Cc1nc(NC(=O)c2ncoc2-c2ccco2)ccc1Br. The second-order valence-corrected chi connectivity index (χ2v) is 5.08. The summed E-state index contributed by atoms with van der Waals surface area (Å²) in [5.41, 5.74) is 0.923. The first-order chi connectivity index (χ1) is 10.1. The van der Waals surface area contributed by atoms with Crippen LogP contribution in [0.2, 0.25) is 0 Å². The van der Waals surface area contributed by atoms with Gasteiger partial charge in [0.25, 0.3) is 5.91 Å². The largest absolute Gasteiger partial charge is 0.461 e. The Balaban J connectivity index is 1.86. The number of halogens is 1. The number of furan rings is 1. The maximum atomic E-state index is 12.3. The fourth-order valence-electron chi connectivity index (χ4n) is 1.78. The number of carbonyl (C=O) groups excluding carboxylic acids is 1. The third-order valence-electron chi connectivity index (χ3n) is 2.79. The fourth-order valence-corrected chi connectivity index (χ4v) is 2.00. The van der Waals surface area contributed by atoms with Crippen LogP contribution in [0.15, 0.2) is 50.2 Å². The summed E-state index contributed by atoms with van der Waals surface area (Å²) in [6.45, 7) is 1.84. The smallest absolute Gasteiger partial charge is 0.279 e. The van der Waals surface area contributed by atoms with E-state index >= 15 is 0 Å². The Morgan fingerprint density at radius 3 is 2.86 bits per heavy atom. The number of aromatic nitrogens is 2. The average molecular weight is 348 g/mol. The molecular weight excluding hydrogens is 338 g/mol. The zero-order valence-corrected chi connectivity index (χ0v) is 12.5. The summed E-state index contributed by atoms with van der Waals surface area (Å²) in [4.78, 5) is 20.4. The van der Waals surface area contributed by atoms with Crippen LogP contribution < -0.4 is 5.32 Å². The zero-order valence-electron chi connectivity index (χ0n) is 11.0. The molecule has 0 saturated heterocycles. The molecule has 3 heterocycles. The molecular formula is C14H10BrN3O3. The van der Waals surface area contributed by atoms with Crippen molar-refractivity contribution in [1.82, 2.24) is 9.97 Å². The maximum Gasteiger partial charge on any atom is 0.279 e. The van der Waals surface area contributed by atoms with Gasteiger partial charge >= 0.3 is 0 Å². The molecule has 0 bridgehead atoms. The van der Waals surface area contributed by atoms with Gasteiger partial charge in [0.05, 0.1) is 12.0 Å². The van der Waals surface area contributed by atoms with E-state index in [1.54, 1.807) is 18.2 Å². The number of nitrogens with zero attached hydrogens (tertiary/aromatic N) is 2. The van der Waals surface area contributed by atoms with Crippen LogP contribution in [0, 0.1) is 6.92 Å². The number of carbonyl (C=O) groups is 1. The standard InChI is InChI=1S/C14H10BrN3O3/c1-8-9(15)4-5-11(17-8)18-14(19)12-13(21-7-16-12)10-3-2-6-20-10/h2-7H,1H3,(H,17,18,19). The molecule has 3 aromatic heterocycles. The molecule has 0 aliphatic heterocycles. The van der Waals surface area contributed by atoms with E-state index in [0.29, 0.717) is 11.6 Å². The molecule has 6 nitrogen and oxygen atoms in total. The van der Waals surface area contributed by atoms with E-state index in [-0.39, 0.29) is 11.5 Å². The number of nitrogens with one attached hydrogen (secondary N) is 1. The third kappa shape index (κ3) is 2.73. The molecule has 3 aromatic rings. The van der Waals surface area contributed by atoms with Gasteiger partial charge in [0.2, 0.25) is 5.76 Å². The lowest BCUT2D eigenvalue weighted by Crippen LogP contribution is -2.14. The molecule has 0 aliphatic carbocycles. The Morgan fingerprint density at radius 1 is 1.29 bits per heavy atom. The Bertz CT molecular complexity index is 781. The molecule has 21 heavy (non-hydrogen) atoms. The number of aryl methyl sites for hydroxylation is 1. The van der Waals surface area contributed by atoms with Gasteiger partial charge < -0.3 is 14.2 Å². The summed E-state index contributed by atoms with van der Waals surface area (Å²) >= 11 is 3.36. The molecule has 0 fully saturated rings. The molecule has 106 valence electrons. The quantitative estimate of drug-likeness (QED) is 0.781. The van der Waals surface area contributed by atoms with Crippen LogP contribution in [0.25, 0.3) is 11.5 Å². The first-order valence-corrected chi connectivity index (χ1v) is 6.86. The number of amides is 1. The van der Waals surface area contributed by atoms with Gasteiger partial charge in [0, 0.05) is 4.47 Å². The van der Waals surface area contributed by atoms with Crippen molar-refractivity contribution in [3.8, 4) is 11.5 Å². The predicted octanol–water partition coefficient (Wildman–Crippen LogP) is 3.65. The summed E-state index contributed by atoms with van der Waals surface area (Å²) in [5.74, 6) is 0.752. The average Bonchev–Trinajstić information content (AvgIpc) is 3.12. The number of rotatable bonds is 3.